The quantitative estimate of drug-likeness (QED) is 0.776. The van der Waals surface area contributed by atoms with Gasteiger partial charge in [0.1, 0.15) is 5.82 Å². The zero-order chi connectivity index (χ0) is 14.4. The molecule has 0 saturated heterocycles. The molecule has 0 amide bonds. The van der Waals surface area contributed by atoms with Gasteiger partial charge in [-0.25, -0.2) is 9.97 Å². The van der Waals surface area contributed by atoms with Crippen LogP contribution in [0.25, 0.3) is 0 Å². The van der Waals surface area contributed by atoms with Crippen LogP contribution < -0.4 is 0 Å². The Balaban J connectivity index is 1.79. The molecule has 0 bridgehead atoms. The first-order valence-corrected chi connectivity index (χ1v) is 7.13. The Morgan fingerprint density at radius 1 is 1.30 bits per heavy atom. The van der Waals surface area contributed by atoms with Gasteiger partial charge in [-0.1, -0.05) is 13.8 Å². The lowest BCUT2D eigenvalue weighted by atomic mass is 10.2. The fraction of sp³-hybridized carbons (Fsp3) is 0.533. The molecule has 108 valence electrons. The lowest BCUT2D eigenvalue weighted by molar-refractivity contribution is 0.307. The Morgan fingerprint density at radius 2 is 2.15 bits per heavy atom. The molecule has 0 fully saturated rings. The molecule has 2 heterocycles. The number of aromatic nitrogens is 4. The Bertz CT molecular complexity index is 507. The first kappa shape index (κ1) is 14.7. The highest BCUT2D eigenvalue weighted by molar-refractivity contribution is 5.04. The highest BCUT2D eigenvalue weighted by atomic mass is 15.3. The minimum absolute atomic E-state index is 0.375. The molecule has 0 radical (unpaired) electrons. The van der Waals surface area contributed by atoms with E-state index in [2.05, 4.69) is 40.9 Å². The van der Waals surface area contributed by atoms with Gasteiger partial charge < -0.3 is 4.90 Å². The Kier molecular flexibility index (Phi) is 5.24. The van der Waals surface area contributed by atoms with Crippen molar-refractivity contribution in [3.05, 3.63) is 42.2 Å². The minimum Gasteiger partial charge on any atom is -0.300 e. The molecule has 0 unspecified atom stereocenters. The molecule has 2 rings (SSSR count). The maximum absolute atomic E-state index is 4.60. The molecule has 0 spiro atoms. The zero-order valence-corrected chi connectivity index (χ0v) is 12.5. The van der Waals surface area contributed by atoms with Crippen LogP contribution in [0.2, 0.25) is 0 Å². The van der Waals surface area contributed by atoms with E-state index in [-0.39, 0.29) is 0 Å². The fourth-order valence-corrected chi connectivity index (χ4v) is 2.07. The maximum atomic E-state index is 4.60. The van der Waals surface area contributed by atoms with Crippen LogP contribution in [0.3, 0.4) is 0 Å². The summed E-state index contributed by atoms with van der Waals surface area (Å²) in [5.41, 5.74) is 1.09. The van der Waals surface area contributed by atoms with Crippen molar-refractivity contribution in [1.29, 1.82) is 0 Å². The number of nitrogens with zero attached hydrogens (tertiary/aromatic N) is 5. The van der Waals surface area contributed by atoms with Gasteiger partial charge in [0, 0.05) is 44.1 Å². The molecule has 0 aliphatic carbocycles. The molecule has 0 N–H and O–H groups in total. The van der Waals surface area contributed by atoms with E-state index in [9.17, 15) is 0 Å². The topological polar surface area (TPSA) is 46.8 Å². The van der Waals surface area contributed by atoms with Crippen molar-refractivity contribution < 1.29 is 0 Å². The lowest BCUT2D eigenvalue weighted by Crippen LogP contribution is -2.21. The third-order valence-corrected chi connectivity index (χ3v) is 3.17. The largest absolute Gasteiger partial charge is 0.300 e. The Morgan fingerprint density at radius 3 is 2.85 bits per heavy atom. The van der Waals surface area contributed by atoms with Gasteiger partial charge in [-0.3, -0.25) is 4.68 Å². The van der Waals surface area contributed by atoms with E-state index in [1.807, 2.05) is 35.4 Å². The van der Waals surface area contributed by atoms with Crippen LogP contribution in [-0.4, -0.2) is 38.2 Å². The molecule has 0 saturated carbocycles. The van der Waals surface area contributed by atoms with Crippen LogP contribution in [0, 0.1) is 0 Å². The van der Waals surface area contributed by atoms with Crippen LogP contribution >= 0.6 is 0 Å². The van der Waals surface area contributed by atoms with Crippen molar-refractivity contribution in [2.45, 2.75) is 39.3 Å². The maximum Gasteiger partial charge on any atom is 0.131 e. The van der Waals surface area contributed by atoms with E-state index >= 15 is 0 Å². The van der Waals surface area contributed by atoms with E-state index < -0.39 is 0 Å². The number of rotatable bonds is 7. The van der Waals surface area contributed by atoms with Gasteiger partial charge in [-0.05, 0) is 25.6 Å². The monoisotopic (exact) mass is 273 g/mol. The van der Waals surface area contributed by atoms with Gasteiger partial charge in [-0.2, -0.15) is 5.10 Å². The van der Waals surface area contributed by atoms with E-state index in [1.54, 1.807) is 0 Å². The Labute approximate surface area is 120 Å². The standard InChI is InChI=1S/C15H23N5/c1-13(2)15-16-8-6-14(18-15)12-19(3)9-5-11-20-10-4-7-17-20/h4,6-8,10,13H,5,9,11-12H2,1-3H3. The summed E-state index contributed by atoms with van der Waals surface area (Å²) >= 11 is 0. The normalized spacial score (nSPS) is 11.4. The third-order valence-electron chi connectivity index (χ3n) is 3.17. The second-order valence-corrected chi connectivity index (χ2v) is 5.42. The molecule has 0 aromatic carbocycles. The molecule has 0 aliphatic rings. The van der Waals surface area contributed by atoms with Gasteiger partial charge in [0.25, 0.3) is 0 Å². The summed E-state index contributed by atoms with van der Waals surface area (Å²) in [7, 11) is 2.13. The van der Waals surface area contributed by atoms with Gasteiger partial charge in [-0.15, -0.1) is 0 Å². The molecule has 20 heavy (non-hydrogen) atoms. The number of aryl methyl sites for hydroxylation is 1. The SMILES string of the molecule is CC(C)c1nccc(CN(C)CCCn2cccn2)n1. The second-order valence-electron chi connectivity index (χ2n) is 5.42. The van der Waals surface area contributed by atoms with Crippen molar-refractivity contribution in [3.8, 4) is 0 Å². The highest BCUT2D eigenvalue weighted by Gasteiger charge is 2.06. The Hall–Kier alpha value is -1.75. The van der Waals surface area contributed by atoms with E-state index in [0.717, 1.165) is 37.6 Å². The van der Waals surface area contributed by atoms with Gasteiger partial charge >= 0.3 is 0 Å². The first-order valence-electron chi connectivity index (χ1n) is 7.13. The van der Waals surface area contributed by atoms with Gasteiger partial charge in [0.15, 0.2) is 0 Å². The van der Waals surface area contributed by atoms with Crippen LogP contribution in [0.4, 0.5) is 0 Å². The molecular weight excluding hydrogens is 250 g/mol. The average molecular weight is 273 g/mol. The van der Waals surface area contributed by atoms with Crippen molar-refractivity contribution in [2.24, 2.45) is 0 Å². The third kappa shape index (κ3) is 4.42. The average Bonchev–Trinajstić information content (AvgIpc) is 2.92. The van der Waals surface area contributed by atoms with Crippen LogP contribution in [0.5, 0.6) is 0 Å². The fourth-order valence-electron chi connectivity index (χ4n) is 2.07. The van der Waals surface area contributed by atoms with Crippen LogP contribution in [-0.2, 0) is 13.1 Å². The molecular formula is C15H23N5. The van der Waals surface area contributed by atoms with Gasteiger partial charge in [0.2, 0.25) is 0 Å². The van der Waals surface area contributed by atoms with E-state index in [1.165, 1.54) is 0 Å². The zero-order valence-electron chi connectivity index (χ0n) is 12.5. The van der Waals surface area contributed by atoms with E-state index in [4.69, 9.17) is 0 Å². The molecule has 5 nitrogen and oxygen atoms in total. The first-order chi connectivity index (χ1) is 9.65. The predicted molar refractivity (Wildman–Crippen MR) is 79.3 cm³/mol. The number of hydrogen-bond donors (Lipinski definition) is 0. The summed E-state index contributed by atoms with van der Waals surface area (Å²) in [6.45, 7) is 7.08. The smallest absolute Gasteiger partial charge is 0.131 e. The predicted octanol–water partition coefficient (Wildman–Crippen LogP) is 2.32. The summed E-state index contributed by atoms with van der Waals surface area (Å²) in [5.74, 6) is 1.30. The molecule has 0 atom stereocenters. The lowest BCUT2D eigenvalue weighted by Gasteiger charge is -2.16. The van der Waals surface area contributed by atoms with Crippen LogP contribution in [0.15, 0.2) is 30.7 Å². The van der Waals surface area contributed by atoms with Crippen molar-refractivity contribution in [2.75, 3.05) is 13.6 Å². The van der Waals surface area contributed by atoms with Crippen LogP contribution in [0.1, 0.15) is 37.7 Å². The summed E-state index contributed by atoms with van der Waals surface area (Å²) in [6.07, 6.45) is 6.76. The molecule has 2 aromatic heterocycles. The molecule has 0 aliphatic heterocycles. The highest BCUT2D eigenvalue weighted by Crippen LogP contribution is 2.09. The summed E-state index contributed by atoms with van der Waals surface area (Å²) in [6, 6.07) is 3.95. The van der Waals surface area contributed by atoms with Crippen molar-refractivity contribution in [1.82, 2.24) is 24.6 Å². The minimum atomic E-state index is 0.375. The summed E-state index contributed by atoms with van der Waals surface area (Å²) in [4.78, 5) is 11.2. The molecule has 5 heteroatoms. The summed E-state index contributed by atoms with van der Waals surface area (Å²) in [5, 5.41) is 4.21. The van der Waals surface area contributed by atoms with Crippen molar-refractivity contribution >= 4 is 0 Å². The van der Waals surface area contributed by atoms with Crippen molar-refractivity contribution in [3.63, 3.8) is 0 Å². The van der Waals surface area contributed by atoms with Gasteiger partial charge in [0.05, 0.1) is 5.69 Å². The van der Waals surface area contributed by atoms with E-state index in [0.29, 0.717) is 5.92 Å². The second kappa shape index (κ2) is 7.14. The summed E-state index contributed by atoms with van der Waals surface area (Å²) < 4.78 is 1.97. The number of hydrogen-bond acceptors (Lipinski definition) is 4. The molecule has 2 aromatic rings.